The van der Waals surface area contributed by atoms with E-state index in [9.17, 15) is 9.18 Å². The van der Waals surface area contributed by atoms with Crippen LogP contribution in [0.25, 0.3) is 0 Å². The van der Waals surface area contributed by atoms with Crippen molar-refractivity contribution >= 4 is 17.7 Å². The van der Waals surface area contributed by atoms with Crippen LogP contribution in [-0.4, -0.2) is 25.3 Å². The number of rotatable bonds is 8. The van der Waals surface area contributed by atoms with Crippen LogP contribution in [0.15, 0.2) is 42.5 Å². The monoisotopic (exact) mass is 347 g/mol. The van der Waals surface area contributed by atoms with Crippen LogP contribution in [0.2, 0.25) is 0 Å². The molecule has 0 saturated carbocycles. The first-order valence-corrected chi connectivity index (χ1v) is 8.97. The number of halogens is 1. The molecule has 0 spiro atoms. The number of benzene rings is 2. The van der Waals surface area contributed by atoms with Crippen LogP contribution < -0.4 is 10.1 Å². The summed E-state index contributed by atoms with van der Waals surface area (Å²) in [6.07, 6.45) is 0.350. The van der Waals surface area contributed by atoms with E-state index < -0.39 is 0 Å². The zero-order chi connectivity index (χ0) is 17.4. The maximum Gasteiger partial charge on any atom is 0.224 e. The predicted octanol–water partition coefficient (Wildman–Crippen LogP) is 3.73. The molecule has 5 heteroatoms. The van der Waals surface area contributed by atoms with Crippen molar-refractivity contribution in [2.24, 2.45) is 0 Å². The van der Waals surface area contributed by atoms with Crippen molar-refractivity contribution in [1.82, 2.24) is 5.32 Å². The lowest BCUT2D eigenvalue weighted by Gasteiger charge is -2.08. The van der Waals surface area contributed by atoms with E-state index in [1.807, 2.05) is 31.2 Å². The summed E-state index contributed by atoms with van der Waals surface area (Å²) in [7, 11) is 1.63. The Labute approximate surface area is 146 Å². The molecule has 0 saturated heterocycles. The molecule has 1 amide bonds. The average Bonchev–Trinajstić information content (AvgIpc) is 2.56. The van der Waals surface area contributed by atoms with Gasteiger partial charge in [0, 0.05) is 18.1 Å². The third kappa shape index (κ3) is 5.57. The fraction of sp³-hybridized carbons (Fsp3) is 0.316. The lowest BCUT2D eigenvalue weighted by atomic mass is 10.1. The summed E-state index contributed by atoms with van der Waals surface area (Å²) >= 11 is 1.60. The van der Waals surface area contributed by atoms with E-state index in [1.165, 1.54) is 6.07 Å². The van der Waals surface area contributed by atoms with Crippen LogP contribution in [0.4, 0.5) is 4.39 Å². The van der Waals surface area contributed by atoms with Gasteiger partial charge in [0.15, 0.2) is 0 Å². The Balaban J connectivity index is 1.68. The topological polar surface area (TPSA) is 38.3 Å². The molecule has 0 bridgehead atoms. The SMILES string of the molecule is COc1ccc(CC(=O)NCCSCc2ccccc2F)cc1C. The zero-order valence-electron chi connectivity index (χ0n) is 14.0. The highest BCUT2D eigenvalue weighted by Gasteiger charge is 2.06. The van der Waals surface area contributed by atoms with Crippen LogP contribution in [0, 0.1) is 12.7 Å². The fourth-order valence-electron chi connectivity index (χ4n) is 2.36. The summed E-state index contributed by atoms with van der Waals surface area (Å²) < 4.78 is 18.7. The number of ether oxygens (including phenoxy) is 1. The number of aryl methyl sites for hydroxylation is 1. The first kappa shape index (κ1) is 18.3. The first-order chi connectivity index (χ1) is 11.6. The molecule has 3 nitrogen and oxygen atoms in total. The highest BCUT2D eigenvalue weighted by Crippen LogP contribution is 2.18. The van der Waals surface area contributed by atoms with E-state index in [0.29, 0.717) is 24.3 Å². The van der Waals surface area contributed by atoms with Gasteiger partial charge in [-0.2, -0.15) is 11.8 Å². The predicted molar refractivity (Wildman–Crippen MR) is 97.0 cm³/mol. The molecule has 24 heavy (non-hydrogen) atoms. The molecule has 0 heterocycles. The number of thioether (sulfide) groups is 1. The van der Waals surface area contributed by atoms with Gasteiger partial charge in [-0.05, 0) is 35.7 Å². The lowest BCUT2D eigenvalue weighted by molar-refractivity contribution is -0.120. The molecule has 2 aromatic carbocycles. The maximum absolute atomic E-state index is 13.5. The highest BCUT2D eigenvalue weighted by atomic mass is 32.2. The molecule has 2 aromatic rings. The minimum absolute atomic E-state index is 0.00828. The molecule has 128 valence electrons. The fourth-order valence-corrected chi connectivity index (χ4v) is 3.20. The van der Waals surface area contributed by atoms with Crippen LogP contribution in [0.1, 0.15) is 16.7 Å². The van der Waals surface area contributed by atoms with E-state index in [1.54, 1.807) is 31.0 Å². The molecule has 2 rings (SSSR count). The number of hydrogen-bond donors (Lipinski definition) is 1. The van der Waals surface area contributed by atoms with Crippen molar-refractivity contribution in [3.05, 3.63) is 65.0 Å². The number of amides is 1. The van der Waals surface area contributed by atoms with Crippen molar-refractivity contribution in [3.63, 3.8) is 0 Å². The summed E-state index contributed by atoms with van der Waals surface area (Å²) in [5.74, 6) is 2.00. The van der Waals surface area contributed by atoms with Crippen molar-refractivity contribution in [2.75, 3.05) is 19.4 Å². The summed E-state index contributed by atoms with van der Waals surface area (Å²) in [6, 6.07) is 12.5. The van der Waals surface area contributed by atoms with Gasteiger partial charge in [-0.1, -0.05) is 30.3 Å². The number of methoxy groups -OCH3 is 1. The molecular formula is C19H22FNO2S. The van der Waals surface area contributed by atoms with E-state index >= 15 is 0 Å². The first-order valence-electron chi connectivity index (χ1n) is 7.81. The second kappa shape index (κ2) is 9.33. The Kier molecular flexibility index (Phi) is 7.12. The molecule has 0 aliphatic heterocycles. The summed E-state index contributed by atoms with van der Waals surface area (Å²) in [4.78, 5) is 12.0. The third-order valence-electron chi connectivity index (χ3n) is 3.61. The van der Waals surface area contributed by atoms with Crippen LogP contribution in [0.5, 0.6) is 5.75 Å². The van der Waals surface area contributed by atoms with Gasteiger partial charge in [-0.3, -0.25) is 4.79 Å². The van der Waals surface area contributed by atoms with Crippen LogP contribution in [-0.2, 0) is 17.0 Å². The standard InChI is InChI=1S/C19H22FNO2S/c1-14-11-15(7-8-18(14)23-2)12-19(22)21-9-10-24-13-16-5-3-4-6-17(16)20/h3-8,11H,9-10,12-13H2,1-2H3,(H,21,22). The van der Waals surface area contributed by atoms with Gasteiger partial charge in [0.05, 0.1) is 13.5 Å². The third-order valence-corrected chi connectivity index (χ3v) is 4.62. The molecular weight excluding hydrogens is 325 g/mol. The summed E-state index contributed by atoms with van der Waals surface area (Å²) in [5.41, 5.74) is 2.68. The van der Waals surface area contributed by atoms with Gasteiger partial charge in [0.1, 0.15) is 11.6 Å². The second-order valence-corrected chi connectivity index (χ2v) is 6.58. The Morgan fingerprint density at radius 3 is 2.75 bits per heavy atom. The Morgan fingerprint density at radius 2 is 2.04 bits per heavy atom. The van der Waals surface area contributed by atoms with Gasteiger partial charge in [0.25, 0.3) is 0 Å². The van der Waals surface area contributed by atoms with Gasteiger partial charge >= 0.3 is 0 Å². The lowest BCUT2D eigenvalue weighted by Crippen LogP contribution is -2.27. The largest absolute Gasteiger partial charge is 0.496 e. The zero-order valence-corrected chi connectivity index (χ0v) is 14.8. The van der Waals surface area contributed by atoms with E-state index in [0.717, 1.165) is 22.6 Å². The normalized spacial score (nSPS) is 10.5. The van der Waals surface area contributed by atoms with Gasteiger partial charge in [-0.15, -0.1) is 0 Å². The van der Waals surface area contributed by atoms with Crippen molar-refractivity contribution in [3.8, 4) is 5.75 Å². The smallest absolute Gasteiger partial charge is 0.224 e. The molecule has 0 aliphatic rings. The molecule has 0 atom stereocenters. The number of nitrogens with one attached hydrogen (secondary N) is 1. The van der Waals surface area contributed by atoms with Crippen molar-refractivity contribution in [2.45, 2.75) is 19.1 Å². The average molecular weight is 347 g/mol. The second-order valence-electron chi connectivity index (χ2n) is 5.47. The van der Waals surface area contributed by atoms with Gasteiger partial charge in [0.2, 0.25) is 5.91 Å². The molecule has 0 radical (unpaired) electrons. The van der Waals surface area contributed by atoms with E-state index in [4.69, 9.17) is 4.74 Å². The van der Waals surface area contributed by atoms with Crippen molar-refractivity contribution in [1.29, 1.82) is 0 Å². The number of carbonyl (C=O) groups excluding carboxylic acids is 1. The van der Waals surface area contributed by atoms with E-state index in [-0.39, 0.29) is 11.7 Å². The van der Waals surface area contributed by atoms with E-state index in [2.05, 4.69) is 5.32 Å². The van der Waals surface area contributed by atoms with Crippen LogP contribution in [0.3, 0.4) is 0 Å². The van der Waals surface area contributed by atoms with Gasteiger partial charge < -0.3 is 10.1 Å². The Bertz CT molecular complexity index is 691. The Hall–Kier alpha value is -2.01. The minimum Gasteiger partial charge on any atom is -0.496 e. The summed E-state index contributed by atoms with van der Waals surface area (Å²) in [5, 5.41) is 2.90. The molecule has 0 fully saturated rings. The van der Waals surface area contributed by atoms with Gasteiger partial charge in [-0.25, -0.2) is 4.39 Å². The summed E-state index contributed by atoms with van der Waals surface area (Å²) in [6.45, 7) is 2.53. The molecule has 0 aliphatic carbocycles. The quantitative estimate of drug-likeness (QED) is 0.740. The van der Waals surface area contributed by atoms with Crippen molar-refractivity contribution < 1.29 is 13.9 Å². The Morgan fingerprint density at radius 1 is 1.25 bits per heavy atom. The highest BCUT2D eigenvalue weighted by molar-refractivity contribution is 7.98. The van der Waals surface area contributed by atoms with Crippen LogP contribution >= 0.6 is 11.8 Å². The minimum atomic E-state index is -0.177. The molecule has 0 unspecified atom stereocenters. The molecule has 0 aromatic heterocycles. The number of carbonyl (C=O) groups is 1. The maximum atomic E-state index is 13.5. The molecule has 1 N–H and O–H groups in total. The number of hydrogen-bond acceptors (Lipinski definition) is 3.